The minimum atomic E-state index is 0.365. The third-order valence-corrected chi connectivity index (χ3v) is 4.42. The van der Waals surface area contributed by atoms with Crippen LogP contribution in [0.4, 0.5) is 0 Å². The number of hydrogen-bond acceptors (Lipinski definition) is 2. The van der Waals surface area contributed by atoms with E-state index in [1.165, 1.54) is 29.5 Å². The second kappa shape index (κ2) is 6.31. The van der Waals surface area contributed by atoms with Crippen LogP contribution in [0.5, 0.6) is 5.75 Å². The third-order valence-electron chi connectivity index (χ3n) is 4.42. The van der Waals surface area contributed by atoms with Crippen LogP contribution in [0.2, 0.25) is 0 Å². The Kier molecular flexibility index (Phi) is 4.26. The molecule has 0 saturated carbocycles. The van der Waals surface area contributed by atoms with E-state index in [4.69, 9.17) is 4.74 Å². The highest BCUT2D eigenvalue weighted by Gasteiger charge is 2.22. The zero-order valence-corrected chi connectivity index (χ0v) is 12.8. The number of ether oxygens (including phenoxy) is 1. The van der Waals surface area contributed by atoms with Crippen molar-refractivity contribution in [2.45, 2.75) is 38.3 Å². The molecule has 0 bridgehead atoms. The summed E-state index contributed by atoms with van der Waals surface area (Å²) in [5.41, 5.74) is 4.21. The molecule has 2 aromatic carbocycles. The quantitative estimate of drug-likeness (QED) is 0.895. The lowest BCUT2D eigenvalue weighted by Crippen LogP contribution is -2.27. The predicted molar refractivity (Wildman–Crippen MR) is 86.7 cm³/mol. The Balaban J connectivity index is 1.79. The van der Waals surface area contributed by atoms with Gasteiger partial charge < -0.3 is 10.1 Å². The van der Waals surface area contributed by atoms with Crippen LogP contribution in [-0.2, 0) is 6.42 Å². The van der Waals surface area contributed by atoms with E-state index >= 15 is 0 Å². The van der Waals surface area contributed by atoms with E-state index in [1.54, 1.807) is 7.11 Å². The fourth-order valence-corrected chi connectivity index (χ4v) is 3.23. The molecule has 0 amide bonds. The van der Waals surface area contributed by atoms with E-state index in [1.807, 2.05) is 0 Å². The monoisotopic (exact) mass is 281 g/mol. The highest BCUT2D eigenvalue weighted by atomic mass is 16.5. The number of nitrogens with one attached hydrogen (secondary N) is 1. The lowest BCUT2D eigenvalue weighted by atomic mass is 9.87. The average molecular weight is 281 g/mol. The van der Waals surface area contributed by atoms with Gasteiger partial charge in [0.1, 0.15) is 5.75 Å². The van der Waals surface area contributed by atoms with E-state index < -0.39 is 0 Å². The van der Waals surface area contributed by atoms with Crippen LogP contribution in [-0.4, -0.2) is 7.11 Å². The summed E-state index contributed by atoms with van der Waals surface area (Å²) in [6.07, 6.45) is 3.60. The van der Waals surface area contributed by atoms with Gasteiger partial charge in [0.15, 0.2) is 0 Å². The van der Waals surface area contributed by atoms with Crippen molar-refractivity contribution in [1.82, 2.24) is 5.32 Å². The standard InChI is InChI=1S/C19H23NO/c1-14(15-7-4-3-5-8-15)20-19-10-6-9-16-13-17(21-2)11-12-18(16)19/h3-5,7-8,11-14,19-20H,6,9-10H2,1-2H3/t14-,19?/m1/s1. The highest BCUT2D eigenvalue weighted by molar-refractivity contribution is 5.39. The van der Waals surface area contributed by atoms with Gasteiger partial charge in [-0.05, 0) is 55.0 Å². The van der Waals surface area contributed by atoms with Crippen molar-refractivity contribution in [1.29, 1.82) is 0 Å². The third kappa shape index (κ3) is 3.11. The first-order valence-electron chi connectivity index (χ1n) is 7.75. The molecule has 0 heterocycles. The smallest absolute Gasteiger partial charge is 0.119 e. The topological polar surface area (TPSA) is 21.3 Å². The summed E-state index contributed by atoms with van der Waals surface area (Å²) in [4.78, 5) is 0. The van der Waals surface area contributed by atoms with Crippen LogP contribution in [0.25, 0.3) is 0 Å². The van der Waals surface area contributed by atoms with Crippen LogP contribution in [0.3, 0.4) is 0 Å². The predicted octanol–water partition coefficient (Wildman–Crippen LogP) is 4.42. The molecule has 1 aliphatic rings. The van der Waals surface area contributed by atoms with Gasteiger partial charge in [0.25, 0.3) is 0 Å². The molecule has 2 nitrogen and oxygen atoms in total. The van der Waals surface area contributed by atoms with Gasteiger partial charge in [0, 0.05) is 12.1 Å². The first-order chi connectivity index (χ1) is 10.3. The summed E-state index contributed by atoms with van der Waals surface area (Å²) in [6.45, 7) is 2.24. The molecular weight excluding hydrogens is 258 g/mol. The first kappa shape index (κ1) is 14.2. The molecule has 2 heteroatoms. The molecule has 1 unspecified atom stereocenters. The molecular formula is C19H23NO. The van der Waals surface area contributed by atoms with E-state index in [9.17, 15) is 0 Å². The van der Waals surface area contributed by atoms with E-state index in [2.05, 4.69) is 60.8 Å². The van der Waals surface area contributed by atoms with Gasteiger partial charge in [-0.2, -0.15) is 0 Å². The molecule has 21 heavy (non-hydrogen) atoms. The van der Waals surface area contributed by atoms with Gasteiger partial charge in [-0.15, -0.1) is 0 Å². The SMILES string of the molecule is COc1ccc2c(c1)CCCC2N[C@H](C)c1ccccc1. The Hall–Kier alpha value is -1.80. The summed E-state index contributed by atoms with van der Waals surface area (Å²) in [7, 11) is 1.73. The van der Waals surface area contributed by atoms with Crippen LogP contribution in [0, 0.1) is 0 Å². The Morgan fingerprint density at radius 3 is 2.71 bits per heavy atom. The molecule has 2 atom stereocenters. The Morgan fingerprint density at radius 2 is 1.95 bits per heavy atom. The molecule has 2 aromatic rings. The van der Waals surface area contributed by atoms with Gasteiger partial charge in [0.2, 0.25) is 0 Å². The van der Waals surface area contributed by atoms with Crippen molar-refractivity contribution in [3.05, 3.63) is 65.2 Å². The maximum atomic E-state index is 5.35. The molecule has 0 radical (unpaired) electrons. The zero-order chi connectivity index (χ0) is 14.7. The molecule has 0 aromatic heterocycles. The summed E-state index contributed by atoms with van der Waals surface area (Å²) in [5.74, 6) is 0.963. The van der Waals surface area contributed by atoms with Crippen molar-refractivity contribution < 1.29 is 4.74 Å². The fourth-order valence-electron chi connectivity index (χ4n) is 3.23. The lowest BCUT2D eigenvalue weighted by Gasteiger charge is -2.29. The van der Waals surface area contributed by atoms with E-state index in [0.717, 1.165) is 12.2 Å². The lowest BCUT2D eigenvalue weighted by molar-refractivity contribution is 0.402. The molecule has 110 valence electrons. The van der Waals surface area contributed by atoms with Crippen LogP contribution < -0.4 is 10.1 Å². The second-order valence-corrected chi connectivity index (χ2v) is 5.81. The van der Waals surface area contributed by atoms with Gasteiger partial charge in [-0.1, -0.05) is 36.4 Å². The zero-order valence-electron chi connectivity index (χ0n) is 12.8. The highest BCUT2D eigenvalue weighted by Crippen LogP contribution is 2.33. The van der Waals surface area contributed by atoms with Gasteiger partial charge in [0.05, 0.1) is 7.11 Å². The average Bonchev–Trinajstić information content (AvgIpc) is 2.55. The number of hydrogen-bond donors (Lipinski definition) is 1. The number of aryl methyl sites for hydroxylation is 1. The summed E-state index contributed by atoms with van der Waals surface area (Å²) >= 11 is 0. The Morgan fingerprint density at radius 1 is 1.14 bits per heavy atom. The van der Waals surface area contributed by atoms with E-state index in [0.29, 0.717) is 12.1 Å². The van der Waals surface area contributed by atoms with E-state index in [-0.39, 0.29) is 0 Å². The molecule has 1 N–H and O–H groups in total. The fraction of sp³-hybridized carbons (Fsp3) is 0.368. The van der Waals surface area contributed by atoms with Gasteiger partial charge in [-0.25, -0.2) is 0 Å². The molecule has 1 aliphatic carbocycles. The summed E-state index contributed by atoms with van der Waals surface area (Å²) in [5, 5.41) is 3.79. The summed E-state index contributed by atoms with van der Waals surface area (Å²) in [6, 6.07) is 18.0. The van der Waals surface area contributed by atoms with Crippen molar-refractivity contribution in [2.24, 2.45) is 0 Å². The molecule has 0 spiro atoms. The molecule has 0 aliphatic heterocycles. The minimum absolute atomic E-state index is 0.365. The van der Waals surface area contributed by atoms with Crippen molar-refractivity contribution in [3.63, 3.8) is 0 Å². The largest absolute Gasteiger partial charge is 0.497 e. The van der Waals surface area contributed by atoms with Gasteiger partial charge in [-0.3, -0.25) is 0 Å². The van der Waals surface area contributed by atoms with Crippen molar-refractivity contribution in [3.8, 4) is 5.75 Å². The maximum absolute atomic E-state index is 5.35. The maximum Gasteiger partial charge on any atom is 0.119 e. The molecule has 3 rings (SSSR count). The number of rotatable bonds is 4. The molecule has 0 saturated heterocycles. The van der Waals surface area contributed by atoms with Crippen molar-refractivity contribution >= 4 is 0 Å². The van der Waals surface area contributed by atoms with Gasteiger partial charge >= 0.3 is 0 Å². The Bertz CT molecular complexity index is 594. The second-order valence-electron chi connectivity index (χ2n) is 5.81. The summed E-state index contributed by atoms with van der Waals surface area (Å²) < 4.78 is 5.35. The number of methoxy groups -OCH3 is 1. The normalized spacial score (nSPS) is 18.9. The Labute approximate surface area is 127 Å². The number of benzene rings is 2. The van der Waals surface area contributed by atoms with Crippen LogP contribution >= 0.6 is 0 Å². The van der Waals surface area contributed by atoms with Crippen LogP contribution in [0.1, 0.15) is 48.5 Å². The van der Waals surface area contributed by atoms with Crippen LogP contribution in [0.15, 0.2) is 48.5 Å². The van der Waals surface area contributed by atoms with Crippen molar-refractivity contribution in [2.75, 3.05) is 7.11 Å². The molecule has 0 fully saturated rings. The minimum Gasteiger partial charge on any atom is -0.497 e. The first-order valence-corrected chi connectivity index (χ1v) is 7.75. The number of fused-ring (bicyclic) bond motifs is 1.